The van der Waals surface area contributed by atoms with E-state index in [1.165, 1.54) is 6.08 Å². The molecule has 0 radical (unpaired) electrons. The minimum atomic E-state index is -0.839. The van der Waals surface area contributed by atoms with E-state index in [0.717, 1.165) is 5.57 Å². The van der Waals surface area contributed by atoms with E-state index in [1.807, 2.05) is 13.8 Å². The molecule has 0 rings (SSSR count). The van der Waals surface area contributed by atoms with Crippen molar-refractivity contribution in [3.05, 3.63) is 11.6 Å². The van der Waals surface area contributed by atoms with Crippen molar-refractivity contribution in [2.24, 2.45) is 5.92 Å². The summed E-state index contributed by atoms with van der Waals surface area (Å²) in [5.74, 6) is -1.04. The second kappa shape index (κ2) is 6.18. The van der Waals surface area contributed by atoms with Gasteiger partial charge >= 0.3 is 5.97 Å². The lowest BCUT2D eigenvalue weighted by molar-refractivity contribution is -0.138. The zero-order chi connectivity index (χ0) is 11.1. The quantitative estimate of drug-likeness (QED) is 0.653. The van der Waals surface area contributed by atoms with Gasteiger partial charge < -0.3 is 10.4 Å². The molecule has 0 aliphatic rings. The van der Waals surface area contributed by atoms with Crippen molar-refractivity contribution in [2.75, 3.05) is 6.54 Å². The SMILES string of the molecule is CC(C)=CC(=O)NCC(C)CC(=O)O. The highest BCUT2D eigenvalue weighted by Gasteiger charge is 2.07. The van der Waals surface area contributed by atoms with Crippen LogP contribution < -0.4 is 5.32 Å². The summed E-state index contributed by atoms with van der Waals surface area (Å²) in [4.78, 5) is 21.4. The van der Waals surface area contributed by atoms with Gasteiger partial charge in [0.2, 0.25) is 5.91 Å². The molecule has 4 nitrogen and oxygen atoms in total. The van der Waals surface area contributed by atoms with Crippen molar-refractivity contribution in [3.63, 3.8) is 0 Å². The average molecular weight is 199 g/mol. The Labute approximate surface area is 84.0 Å². The molecule has 1 atom stereocenters. The Hall–Kier alpha value is -1.32. The van der Waals surface area contributed by atoms with Gasteiger partial charge in [-0.25, -0.2) is 0 Å². The van der Waals surface area contributed by atoms with Crippen molar-refractivity contribution in [2.45, 2.75) is 27.2 Å². The molecule has 0 spiro atoms. The third-order valence-corrected chi connectivity index (χ3v) is 1.57. The molecule has 0 aliphatic carbocycles. The summed E-state index contributed by atoms with van der Waals surface area (Å²) in [6.07, 6.45) is 1.57. The lowest BCUT2D eigenvalue weighted by Crippen LogP contribution is -2.27. The highest BCUT2D eigenvalue weighted by molar-refractivity contribution is 5.88. The van der Waals surface area contributed by atoms with E-state index in [9.17, 15) is 9.59 Å². The first-order valence-electron chi connectivity index (χ1n) is 4.56. The fourth-order valence-corrected chi connectivity index (χ4v) is 0.958. The van der Waals surface area contributed by atoms with Crippen LogP contribution in [0.2, 0.25) is 0 Å². The number of allylic oxidation sites excluding steroid dienone is 1. The van der Waals surface area contributed by atoms with Crippen LogP contribution in [0.15, 0.2) is 11.6 Å². The van der Waals surface area contributed by atoms with Gasteiger partial charge in [-0.05, 0) is 19.8 Å². The monoisotopic (exact) mass is 199 g/mol. The Bertz CT molecular complexity index is 242. The maximum Gasteiger partial charge on any atom is 0.303 e. The summed E-state index contributed by atoms with van der Waals surface area (Å²) in [6.45, 7) is 5.85. The van der Waals surface area contributed by atoms with Crippen molar-refractivity contribution in [3.8, 4) is 0 Å². The van der Waals surface area contributed by atoms with E-state index in [0.29, 0.717) is 6.54 Å². The van der Waals surface area contributed by atoms with E-state index >= 15 is 0 Å². The third kappa shape index (κ3) is 7.34. The van der Waals surface area contributed by atoms with Gasteiger partial charge in [0.15, 0.2) is 0 Å². The van der Waals surface area contributed by atoms with Crippen LogP contribution in [0.1, 0.15) is 27.2 Å². The largest absolute Gasteiger partial charge is 0.481 e. The van der Waals surface area contributed by atoms with Crippen LogP contribution in [0.3, 0.4) is 0 Å². The van der Waals surface area contributed by atoms with Gasteiger partial charge in [-0.3, -0.25) is 9.59 Å². The topological polar surface area (TPSA) is 66.4 Å². The summed E-state index contributed by atoms with van der Waals surface area (Å²) in [5.41, 5.74) is 0.924. The summed E-state index contributed by atoms with van der Waals surface area (Å²) < 4.78 is 0. The Morgan fingerprint density at radius 3 is 2.43 bits per heavy atom. The number of carboxylic acid groups (broad SMARTS) is 1. The molecule has 0 fully saturated rings. The zero-order valence-electron chi connectivity index (χ0n) is 8.83. The van der Waals surface area contributed by atoms with Crippen molar-refractivity contribution in [1.82, 2.24) is 5.32 Å². The smallest absolute Gasteiger partial charge is 0.303 e. The molecule has 0 aromatic heterocycles. The van der Waals surface area contributed by atoms with Crippen molar-refractivity contribution >= 4 is 11.9 Å². The molecule has 14 heavy (non-hydrogen) atoms. The molecule has 0 aromatic rings. The molecule has 0 heterocycles. The van der Waals surface area contributed by atoms with Crippen molar-refractivity contribution in [1.29, 1.82) is 0 Å². The van der Waals surface area contributed by atoms with Gasteiger partial charge in [-0.1, -0.05) is 12.5 Å². The van der Waals surface area contributed by atoms with Gasteiger partial charge in [0.1, 0.15) is 0 Å². The maximum absolute atomic E-state index is 11.1. The Morgan fingerprint density at radius 2 is 2.00 bits per heavy atom. The Kier molecular flexibility index (Phi) is 5.60. The van der Waals surface area contributed by atoms with Crippen molar-refractivity contribution < 1.29 is 14.7 Å². The minimum absolute atomic E-state index is 0.0398. The summed E-state index contributed by atoms with van der Waals surface area (Å²) in [6, 6.07) is 0. The first-order chi connectivity index (χ1) is 6.41. The van der Waals surface area contributed by atoms with E-state index in [4.69, 9.17) is 5.11 Å². The van der Waals surface area contributed by atoms with E-state index in [-0.39, 0.29) is 18.2 Å². The first kappa shape index (κ1) is 12.7. The lowest BCUT2D eigenvalue weighted by atomic mass is 10.1. The number of hydrogen-bond donors (Lipinski definition) is 2. The van der Waals surface area contributed by atoms with Gasteiger partial charge in [-0.15, -0.1) is 0 Å². The number of aliphatic carboxylic acids is 1. The number of rotatable bonds is 5. The lowest BCUT2D eigenvalue weighted by Gasteiger charge is -2.08. The fraction of sp³-hybridized carbons (Fsp3) is 0.600. The molecule has 1 unspecified atom stereocenters. The van der Waals surface area contributed by atoms with E-state index < -0.39 is 5.97 Å². The van der Waals surface area contributed by atoms with Crippen LogP contribution in [-0.2, 0) is 9.59 Å². The molecule has 0 saturated carbocycles. The third-order valence-electron chi connectivity index (χ3n) is 1.57. The predicted molar refractivity (Wildman–Crippen MR) is 53.9 cm³/mol. The van der Waals surface area contributed by atoms with Gasteiger partial charge in [0, 0.05) is 19.0 Å². The number of amides is 1. The zero-order valence-corrected chi connectivity index (χ0v) is 8.83. The number of carbonyl (C=O) groups excluding carboxylic acids is 1. The number of carbonyl (C=O) groups is 2. The fourth-order valence-electron chi connectivity index (χ4n) is 0.958. The molecule has 1 amide bonds. The van der Waals surface area contributed by atoms with Crippen LogP contribution in [0.5, 0.6) is 0 Å². The summed E-state index contributed by atoms with van der Waals surface area (Å²) in [5, 5.41) is 11.1. The summed E-state index contributed by atoms with van der Waals surface area (Å²) in [7, 11) is 0. The standard InChI is InChI=1S/C10H17NO3/c1-7(2)4-9(12)11-6-8(3)5-10(13)14/h4,8H,5-6H2,1-3H3,(H,11,12)(H,13,14). The number of nitrogens with one attached hydrogen (secondary N) is 1. The Morgan fingerprint density at radius 1 is 1.43 bits per heavy atom. The minimum Gasteiger partial charge on any atom is -0.481 e. The second-order valence-corrected chi connectivity index (χ2v) is 3.67. The van der Waals surface area contributed by atoms with Gasteiger partial charge in [0.05, 0.1) is 0 Å². The maximum atomic E-state index is 11.1. The van der Waals surface area contributed by atoms with Gasteiger partial charge in [-0.2, -0.15) is 0 Å². The normalized spacial score (nSPS) is 11.6. The van der Waals surface area contributed by atoms with Gasteiger partial charge in [0.25, 0.3) is 0 Å². The van der Waals surface area contributed by atoms with Crippen LogP contribution in [0, 0.1) is 5.92 Å². The Balaban J connectivity index is 3.77. The number of carboxylic acids is 1. The summed E-state index contributed by atoms with van der Waals surface area (Å²) >= 11 is 0. The van der Waals surface area contributed by atoms with E-state index in [1.54, 1.807) is 6.92 Å². The highest BCUT2D eigenvalue weighted by Crippen LogP contribution is 1.99. The first-order valence-corrected chi connectivity index (χ1v) is 4.56. The highest BCUT2D eigenvalue weighted by atomic mass is 16.4. The molecular formula is C10H17NO3. The molecule has 0 saturated heterocycles. The molecule has 0 bridgehead atoms. The second-order valence-electron chi connectivity index (χ2n) is 3.67. The molecule has 4 heteroatoms. The molecular weight excluding hydrogens is 182 g/mol. The van der Waals surface area contributed by atoms with E-state index in [2.05, 4.69) is 5.32 Å². The van der Waals surface area contributed by atoms with Crippen LogP contribution >= 0.6 is 0 Å². The predicted octanol–water partition coefficient (Wildman–Crippen LogP) is 1.18. The molecule has 80 valence electrons. The van der Waals surface area contributed by atoms with Crippen LogP contribution in [-0.4, -0.2) is 23.5 Å². The van der Waals surface area contributed by atoms with Crippen LogP contribution in [0.25, 0.3) is 0 Å². The molecule has 2 N–H and O–H groups in total. The average Bonchev–Trinajstić information content (AvgIpc) is 1.98. The molecule has 0 aromatic carbocycles. The molecule has 0 aliphatic heterocycles. The number of hydrogen-bond acceptors (Lipinski definition) is 2. The van der Waals surface area contributed by atoms with Crippen LogP contribution in [0.4, 0.5) is 0 Å².